The molecule has 0 aromatic carbocycles. The smallest absolute Gasteiger partial charge is 0.335 e. The average Bonchev–Trinajstić information content (AvgIpc) is 0.734. The van der Waals surface area contributed by atoms with Gasteiger partial charge in [0.1, 0.15) is 97.0 Å². The molecule has 10 rings (SSSR count). The van der Waals surface area contributed by atoms with Gasteiger partial charge in [0, 0.05) is 0 Å². The van der Waals surface area contributed by atoms with Crippen LogP contribution in [-0.4, -0.2) is 262 Å². The maximum absolute atomic E-state index is 15.6. The van der Waals surface area contributed by atoms with E-state index < -0.39 is 213 Å². The quantitative estimate of drug-likeness (QED) is 0.0532. The number of carbonyl (C=O) groups excluding carboxylic acids is 1. The third-order valence-electron chi connectivity index (χ3n) is 22.7. The average molecular weight is 1220 g/mol. The topological polar surface area (TPSA) is 430 Å². The summed E-state index contributed by atoms with van der Waals surface area (Å²) >= 11 is 0. The Labute approximate surface area is 492 Å². The highest BCUT2D eigenvalue weighted by Crippen LogP contribution is 2.76. The third kappa shape index (κ3) is 10.9. The Morgan fingerprint density at radius 1 is 0.576 bits per heavy atom. The van der Waals surface area contributed by atoms with E-state index in [9.17, 15) is 81.4 Å². The number of ether oxygens (including phenoxy) is 10. The number of rotatable bonds is 12. The fourth-order valence-corrected chi connectivity index (χ4v) is 17.5. The number of esters is 1. The van der Waals surface area contributed by atoms with Gasteiger partial charge in [-0.1, -0.05) is 60.1 Å². The van der Waals surface area contributed by atoms with Gasteiger partial charge in [0.2, 0.25) is 6.29 Å². The van der Waals surface area contributed by atoms with Crippen molar-refractivity contribution in [1.82, 2.24) is 0 Å². The molecule has 0 amide bonds. The number of hydrogen-bond donors (Lipinski definition) is 15. The first-order chi connectivity index (χ1) is 39.7. The van der Waals surface area contributed by atoms with E-state index in [2.05, 4.69) is 54.5 Å². The molecule has 85 heavy (non-hydrogen) atoms. The van der Waals surface area contributed by atoms with E-state index in [-0.39, 0.29) is 35.5 Å². The summed E-state index contributed by atoms with van der Waals surface area (Å²) in [5.74, 6) is -2.78. The van der Waals surface area contributed by atoms with Crippen LogP contribution in [0.4, 0.5) is 0 Å². The van der Waals surface area contributed by atoms with Crippen LogP contribution in [0.2, 0.25) is 0 Å². The van der Waals surface area contributed by atoms with Gasteiger partial charge >= 0.3 is 11.9 Å². The summed E-state index contributed by atoms with van der Waals surface area (Å²) < 4.78 is 59.9. The van der Waals surface area contributed by atoms with Crippen molar-refractivity contribution in [1.29, 1.82) is 0 Å². The van der Waals surface area contributed by atoms with Gasteiger partial charge < -0.3 is 124 Å². The van der Waals surface area contributed by atoms with Crippen LogP contribution in [0.1, 0.15) is 113 Å². The number of hydrogen-bond acceptors (Lipinski definition) is 26. The van der Waals surface area contributed by atoms with Gasteiger partial charge in [-0.05, 0) is 110 Å². The van der Waals surface area contributed by atoms with Crippen molar-refractivity contribution < 1.29 is 134 Å². The standard InChI is InChI=1S/C58H92O27/c1-22-42(81-47-38(69)32(63)25(60)20-76-47)43(82-48-39(70)35(66)34(65)27(19-59)79-48)41(72)50(78-22)84-45-33(64)26(61)21-77-51(45)85-52(75)58-16-15-53(2,3)17-24(58)23-9-10-29-55(6)13-12-31(80-49-40(71)36(67)37(68)44(83-49)46(73)74)54(4,5)28(55)11-14-56(29,7)57(23,8)18-30(58)62/h9,22,24-45,47-51,59-72H,10-21H2,1-8H3,(H,73,74)/t22-,24-,25+,26+,27+,28?,29+,30+,31-,32-,33-,34+,35-,36-,37-,38+,39+,40+,41+,42-,43-,44-,45+,47-,48-,49+,50-,51-,55-,56+,57+,58+/m0/s1. The normalized spacial score (nSPS) is 54.1. The predicted molar refractivity (Wildman–Crippen MR) is 284 cm³/mol. The summed E-state index contributed by atoms with van der Waals surface area (Å²) in [6, 6.07) is 0. The molecule has 4 saturated carbocycles. The van der Waals surface area contributed by atoms with Crippen molar-refractivity contribution >= 4 is 11.9 Å². The van der Waals surface area contributed by atoms with Crippen LogP contribution >= 0.6 is 0 Å². The van der Waals surface area contributed by atoms with Gasteiger partial charge in [-0.15, -0.1) is 0 Å². The summed E-state index contributed by atoms with van der Waals surface area (Å²) in [5.41, 5.74) is -2.75. The first kappa shape index (κ1) is 65.7. The highest BCUT2D eigenvalue weighted by Gasteiger charge is 2.72. The zero-order chi connectivity index (χ0) is 62.2. The number of allylic oxidation sites excluding steroid dienone is 2. The van der Waals surface area contributed by atoms with Crippen LogP contribution < -0.4 is 0 Å². The Morgan fingerprint density at radius 3 is 1.82 bits per heavy atom. The van der Waals surface area contributed by atoms with E-state index >= 15 is 4.79 Å². The van der Waals surface area contributed by atoms with E-state index in [1.807, 2.05) is 0 Å². The maximum atomic E-state index is 15.6. The largest absolute Gasteiger partial charge is 0.479 e. The first-order valence-electron chi connectivity index (χ1n) is 30.1. The molecule has 0 spiro atoms. The van der Waals surface area contributed by atoms with Crippen LogP contribution in [0.3, 0.4) is 0 Å². The number of aliphatic carboxylic acids is 1. The zero-order valence-corrected chi connectivity index (χ0v) is 49.3. The number of aliphatic hydroxyl groups excluding tert-OH is 14. The molecule has 0 aromatic rings. The number of fused-ring (bicyclic) bond motifs is 7. The molecular formula is C58H92O27. The van der Waals surface area contributed by atoms with Gasteiger partial charge in [-0.2, -0.15) is 0 Å². The van der Waals surface area contributed by atoms with Gasteiger partial charge in [-0.25, -0.2) is 4.79 Å². The molecule has 5 aliphatic carbocycles. The second-order valence-corrected chi connectivity index (χ2v) is 28.3. The molecule has 0 radical (unpaired) electrons. The highest BCUT2D eigenvalue weighted by atomic mass is 16.8. The van der Waals surface area contributed by atoms with E-state index in [4.69, 9.17) is 47.4 Å². The van der Waals surface area contributed by atoms with Gasteiger partial charge in [0.05, 0.1) is 38.1 Å². The van der Waals surface area contributed by atoms with Gasteiger partial charge in [0.25, 0.3) is 0 Å². The van der Waals surface area contributed by atoms with E-state index in [0.29, 0.717) is 32.1 Å². The lowest BCUT2D eigenvalue weighted by atomic mass is 9.33. The molecule has 27 heteroatoms. The van der Waals surface area contributed by atoms with Crippen LogP contribution in [-0.2, 0) is 57.0 Å². The molecular weight excluding hydrogens is 1130 g/mol. The SMILES string of the molecule is C[C@@H]1O[C@@H](O[C@H]2[C@H](OC(=O)[C@]34CCC(C)(C)C[C@H]3C3=CC[C@@H]5[C@@]6(C)CC[C@H](O[C@@H]7O[C@H](C(=O)O)[C@@H](O)[C@H](O)[C@H]7O)C(C)(C)C6CC[C@@]5(C)[C@]3(C)C[C@H]4O)OC[C@@H](O)[C@@H]2O)[C@H](O)[C@H](O[C@@H]2O[C@H](CO)[C@@H](O)[C@H](O)[C@H]2O)[C@H]1O[C@@H]1OC[C@@H](O)[C@H](O)[C@H]1O. The van der Waals surface area contributed by atoms with Gasteiger partial charge in [-0.3, -0.25) is 4.79 Å². The highest BCUT2D eigenvalue weighted by molar-refractivity contribution is 5.80. The fourth-order valence-electron chi connectivity index (χ4n) is 17.5. The third-order valence-corrected chi connectivity index (χ3v) is 22.7. The molecule has 486 valence electrons. The summed E-state index contributed by atoms with van der Waals surface area (Å²) in [7, 11) is 0. The fraction of sp³-hybridized carbons (Fsp3) is 0.931. The molecule has 9 fully saturated rings. The first-order valence-corrected chi connectivity index (χ1v) is 30.1. The Balaban J connectivity index is 0.903. The lowest BCUT2D eigenvalue weighted by Crippen LogP contribution is -2.68. The van der Waals surface area contributed by atoms with Crippen molar-refractivity contribution in [2.45, 2.75) is 267 Å². The van der Waals surface area contributed by atoms with Crippen molar-refractivity contribution in [2.24, 2.45) is 50.2 Å². The van der Waals surface area contributed by atoms with E-state index in [1.54, 1.807) is 0 Å². The second-order valence-electron chi connectivity index (χ2n) is 28.3. The minimum atomic E-state index is -2.06. The molecule has 15 N–H and O–H groups in total. The molecule has 5 heterocycles. The van der Waals surface area contributed by atoms with Crippen molar-refractivity contribution in [3.8, 4) is 0 Å². The number of carbonyl (C=O) groups is 2. The van der Waals surface area contributed by atoms with E-state index in [1.165, 1.54) is 6.92 Å². The minimum absolute atomic E-state index is 0.0487. The summed E-state index contributed by atoms with van der Waals surface area (Å²) in [5, 5.41) is 163. The lowest BCUT2D eigenvalue weighted by molar-refractivity contribution is -0.392. The zero-order valence-electron chi connectivity index (χ0n) is 49.3. The Hall–Kier alpha value is -2.24. The molecule has 5 saturated heterocycles. The van der Waals surface area contributed by atoms with Crippen molar-refractivity contribution in [3.05, 3.63) is 11.6 Å². The van der Waals surface area contributed by atoms with Crippen LogP contribution in [0.5, 0.6) is 0 Å². The number of aliphatic hydroxyl groups is 14. The minimum Gasteiger partial charge on any atom is -0.479 e. The second kappa shape index (κ2) is 23.8. The van der Waals surface area contributed by atoms with E-state index in [0.717, 1.165) is 18.4 Å². The molecule has 0 aromatic heterocycles. The van der Waals surface area contributed by atoms with Crippen LogP contribution in [0, 0.1) is 50.2 Å². The molecule has 5 aliphatic heterocycles. The molecule has 0 bridgehead atoms. The Kier molecular flexibility index (Phi) is 18.4. The summed E-state index contributed by atoms with van der Waals surface area (Å²) in [6.07, 6.45) is -35.0. The Morgan fingerprint density at radius 2 is 1.16 bits per heavy atom. The van der Waals surface area contributed by atoms with Crippen molar-refractivity contribution in [3.63, 3.8) is 0 Å². The molecule has 32 atom stereocenters. The lowest BCUT2D eigenvalue weighted by Gasteiger charge is -2.71. The number of carboxylic acid groups (broad SMARTS) is 1. The molecule has 1 unspecified atom stereocenters. The Bertz CT molecular complexity index is 2430. The maximum Gasteiger partial charge on any atom is 0.335 e. The van der Waals surface area contributed by atoms with Crippen LogP contribution in [0.25, 0.3) is 0 Å². The number of carboxylic acids is 1. The monoisotopic (exact) mass is 1220 g/mol. The summed E-state index contributed by atoms with van der Waals surface area (Å²) in [4.78, 5) is 27.5. The van der Waals surface area contributed by atoms with Crippen molar-refractivity contribution in [2.75, 3.05) is 19.8 Å². The predicted octanol–water partition coefficient (Wildman–Crippen LogP) is -2.84. The molecule has 10 aliphatic rings. The summed E-state index contributed by atoms with van der Waals surface area (Å²) in [6.45, 7) is 14.8. The van der Waals surface area contributed by atoms with Gasteiger partial charge in [0.15, 0.2) is 37.4 Å². The molecule has 27 nitrogen and oxygen atoms in total. The van der Waals surface area contributed by atoms with Crippen LogP contribution in [0.15, 0.2) is 11.6 Å².